The molecule has 6 nitrogen and oxygen atoms in total. The Kier molecular flexibility index (Phi) is 5.98. The van der Waals surface area contributed by atoms with E-state index in [4.69, 9.17) is 9.26 Å². The Morgan fingerprint density at radius 1 is 1.38 bits per heavy atom. The summed E-state index contributed by atoms with van der Waals surface area (Å²) in [6.45, 7) is 3.55. The van der Waals surface area contributed by atoms with Gasteiger partial charge in [0.1, 0.15) is 5.76 Å². The summed E-state index contributed by atoms with van der Waals surface area (Å²) < 4.78 is 10.2. The van der Waals surface area contributed by atoms with Crippen molar-refractivity contribution in [1.82, 2.24) is 10.5 Å². The molecule has 0 aliphatic heterocycles. The van der Waals surface area contributed by atoms with Crippen LogP contribution >= 0.6 is 11.8 Å². The lowest BCUT2D eigenvalue weighted by atomic mass is 10.2. The lowest BCUT2D eigenvalue weighted by molar-refractivity contribution is -0.125. The Morgan fingerprint density at radius 3 is 2.85 bits per heavy atom. The van der Waals surface area contributed by atoms with E-state index in [1.54, 1.807) is 12.1 Å². The molecule has 1 aromatic carbocycles. The predicted octanol–water partition coefficient (Wildman–Crippen LogP) is 3.35. The van der Waals surface area contributed by atoms with Crippen LogP contribution in [0.5, 0.6) is 0 Å². The minimum atomic E-state index is -0.501. The summed E-state index contributed by atoms with van der Waals surface area (Å²) in [5, 5.41) is 6.82. The van der Waals surface area contributed by atoms with Gasteiger partial charge in [-0.05, 0) is 44.7 Å². The molecule has 0 spiro atoms. The smallest absolute Gasteiger partial charge is 0.339 e. The fourth-order valence-corrected chi connectivity index (χ4v) is 3.54. The van der Waals surface area contributed by atoms with Gasteiger partial charge in [-0.2, -0.15) is 0 Å². The number of rotatable bonds is 8. The van der Waals surface area contributed by atoms with Crippen molar-refractivity contribution in [2.45, 2.75) is 43.4 Å². The Balaban J connectivity index is 1.54. The van der Waals surface area contributed by atoms with Gasteiger partial charge >= 0.3 is 5.97 Å². The van der Waals surface area contributed by atoms with Gasteiger partial charge < -0.3 is 14.6 Å². The third-order valence-corrected chi connectivity index (χ3v) is 5.32. The molecule has 1 aliphatic rings. The van der Waals surface area contributed by atoms with Crippen LogP contribution in [0.3, 0.4) is 0 Å². The number of aromatic nitrogens is 1. The number of thioether (sulfide) groups is 1. The fraction of sp³-hybridized carbons (Fsp3) is 0.421. The first-order valence-electron chi connectivity index (χ1n) is 8.63. The quantitative estimate of drug-likeness (QED) is 0.564. The molecule has 1 aliphatic carbocycles. The fourth-order valence-electron chi connectivity index (χ4n) is 2.62. The number of amides is 1. The molecule has 1 amide bonds. The molecular formula is C19H22N2O4S. The second-order valence-corrected chi connectivity index (χ2v) is 7.50. The van der Waals surface area contributed by atoms with E-state index >= 15 is 0 Å². The highest BCUT2D eigenvalue weighted by atomic mass is 32.2. The van der Waals surface area contributed by atoms with E-state index in [2.05, 4.69) is 10.5 Å². The average Bonchev–Trinajstić information content (AvgIpc) is 3.40. The number of ether oxygens (including phenoxy) is 1. The van der Waals surface area contributed by atoms with Gasteiger partial charge in [-0.1, -0.05) is 17.3 Å². The normalized spacial score (nSPS) is 14.7. The largest absolute Gasteiger partial charge is 0.452 e. The van der Waals surface area contributed by atoms with Crippen LogP contribution < -0.4 is 5.32 Å². The molecule has 0 bridgehead atoms. The maximum Gasteiger partial charge on any atom is 0.339 e. The van der Waals surface area contributed by atoms with Crippen LogP contribution in [0.1, 0.15) is 41.6 Å². The Morgan fingerprint density at radius 2 is 2.15 bits per heavy atom. The molecule has 26 heavy (non-hydrogen) atoms. The first-order chi connectivity index (χ1) is 12.5. The predicted molar refractivity (Wildman–Crippen MR) is 97.9 cm³/mol. The van der Waals surface area contributed by atoms with E-state index < -0.39 is 5.97 Å². The summed E-state index contributed by atoms with van der Waals surface area (Å²) in [6.07, 6.45) is 2.30. The standard InChI is InChI=1S/C19H22N2O4S/c1-12-9-15(21-25-12)11-26-17-6-4-3-5-16(17)19(23)24-10-18(22)20-13(2)14-7-8-14/h3-6,9,13-14H,7-8,10-11H2,1-2H3,(H,20,22)/t13-/m1/s1. The number of carbonyl (C=O) groups excluding carboxylic acids is 2. The van der Waals surface area contributed by atoms with Crippen molar-refractivity contribution in [2.75, 3.05) is 6.61 Å². The third-order valence-electron chi connectivity index (χ3n) is 4.21. The number of nitrogens with one attached hydrogen (secondary N) is 1. The average molecular weight is 374 g/mol. The number of hydrogen-bond acceptors (Lipinski definition) is 6. The summed E-state index contributed by atoms with van der Waals surface area (Å²) in [7, 11) is 0. The first kappa shape index (κ1) is 18.5. The molecular weight excluding hydrogens is 352 g/mol. The van der Waals surface area contributed by atoms with Crippen LogP contribution in [-0.4, -0.2) is 29.7 Å². The van der Waals surface area contributed by atoms with E-state index in [-0.39, 0.29) is 18.6 Å². The highest BCUT2D eigenvalue weighted by Gasteiger charge is 2.29. The van der Waals surface area contributed by atoms with Gasteiger partial charge in [0.2, 0.25) is 0 Å². The van der Waals surface area contributed by atoms with Gasteiger partial charge in [-0.3, -0.25) is 4.79 Å². The van der Waals surface area contributed by atoms with Crippen LogP contribution in [0.2, 0.25) is 0 Å². The molecule has 1 saturated carbocycles. The second-order valence-electron chi connectivity index (χ2n) is 6.48. The topological polar surface area (TPSA) is 81.4 Å². The van der Waals surface area contributed by atoms with E-state index in [9.17, 15) is 9.59 Å². The summed E-state index contributed by atoms with van der Waals surface area (Å²) in [4.78, 5) is 25.1. The molecule has 0 radical (unpaired) electrons. The van der Waals surface area contributed by atoms with Crippen LogP contribution in [0.25, 0.3) is 0 Å². The lowest BCUT2D eigenvalue weighted by Crippen LogP contribution is -2.37. The van der Waals surface area contributed by atoms with Crippen molar-refractivity contribution in [3.63, 3.8) is 0 Å². The monoisotopic (exact) mass is 374 g/mol. The van der Waals surface area contributed by atoms with Gasteiger partial charge in [0.25, 0.3) is 5.91 Å². The summed E-state index contributed by atoms with van der Waals surface area (Å²) >= 11 is 1.48. The minimum Gasteiger partial charge on any atom is -0.452 e. The van der Waals surface area contributed by atoms with Crippen molar-refractivity contribution in [3.8, 4) is 0 Å². The zero-order valence-electron chi connectivity index (χ0n) is 14.9. The van der Waals surface area contributed by atoms with Gasteiger partial charge in [0, 0.05) is 22.8 Å². The molecule has 138 valence electrons. The van der Waals surface area contributed by atoms with Gasteiger partial charge in [-0.25, -0.2) is 4.79 Å². The van der Waals surface area contributed by atoms with Crippen LogP contribution in [-0.2, 0) is 15.3 Å². The highest BCUT2D eigenvalue weighted by molar-refractivity contribution is 7.98. The maximum absolute atomic E-state index is 12.4. The van der Waals surface area contributed by atoms with Crippen molar-refractivity contribution >= 4 is 23.6 Å². The summed E-state index contributed by atoms with van der Waals surface area (Å²) in [5.41, 5.74) is 1.25. The van der Waals surface area contributed by atoms with E-state index in [0.29, 0.717) is 17.2 Å². The van der Waals surface area contributed by atoms with E-state index in [0.717, 1.165) is 29.2 Å². The lowest BCUT2D eigenvalue weighted by Gasteiger charge is -2.13. The second kappa shape index (κ2) is 8.40. The number of carbonyl (C=O) groups is 2. The Labute approximate surface area is 156 Å². The van der Waals surface area contributed by atoms with E-state index in [1.165, 1.54) is 11.8 Å². The zero-order chi connectivity index (χ0) is 18.5. The molecule has 1 fully saturated rings. The number of benzene rings is 1. The third kappa shape index (κ3) is 5.11. The Hall–Kier alpha value is -2.28. The molecule has 1 atom stereocenters. The molecule has 1 heterocycles. The number of hydrogen-bond donors (Lipinski definition) is 1. The van der Waals surface area contributed by atoms with Crippen LogP contribution in [0, 0.1) is 12.8 Å². The highest BCUT2D eigenvalue weighted by Crippen LogP contribution is 2.32. The maximum atomic E-state index is 12.4. The molecule has 3 rings (SSSR count). The minimum absolute atomic E-state index is 0.134. The van der Waals surface area contributed by atoms with Crippen molar-refractivity contribution in [3.05, 3.63) is 47.3 Å². The van der Waals surface area contributed by atoms with Gasteiger partial charge in [0.05, 0.1) is 11.3 Å². The van der Waals surface area contributed by atoms with Gasteiger partial charge in [-0.15, -0.1) is 11.8 Å². The summed E-state index contributed by atoms with van der Waals surface area (Å²) in [6, 6.07) is 9.18. The van der Waals surface area contributed by atoms with E-state index in [1.807, 2.05) is 32.0 Å². The van der Waals surface area contributed by atoms with Crippen molar-refractivity contribution in [1.29, 1.82) is 0 Å². The van der Waals surface area contributed by atoms with Crippen LogP contribution in [0.4, 0.5) is 0 Å². The van der Waals surface area contributed by atoms with Crippen molar-refractivity contribution < 1.29 is 18.8 Å². The number of nitrogens with zero attached hydrogens (tertiary/aromatic N) is 1. The molecule has 1 N–H and O–H groups in total. The molecule has 2 aromatic rings. The number of esters is 1. The van der Waals surface area contributed by atoms with Crippen molar-refractivity contribution in [2.24, 2.45) is 5.92 Å². The summed E-state index contributed by atoms with van der Waals surface area (Å²) in [5.74, 6) is 1.13. The van der Waals surface area contributed by atoms with Gasteiger partial charge in [0.15, 0.2) is 6.61 Å². The number of aryl methyl sites for hydroxylation is 1. The SMILES string of the molecule is Cc1cc(CSc2ccccc2C(=O)OCC(=O)N[C@H](C)C2CC2)no1. The molecule has 1 aromatic heterocycles. The zero-order valence-corrected chi connectivity index (χ0v) is 15.7. The Bertz CT molecular complexity index is 785. The molecule has 7 heteroatoms. The van der Waals surface area contributed by atoms with Crippen LogP contribution in [0.15, 0.2) is 39.8 Å². The molecule has 0 saturated heterocycles. The first-order valence-corrected chi connectivity index (χ1v) is 9.62. The molecule has 0 unspecified atom stereocenters.